The number of likely N-dealkylation sites (N-methyl/N-ethyl adjacent to an activating group) is 1. The minimum atomic E-state index is -0.232. The zero-order chi connectivity index (χ0) is 13.5. The second kappa shape index (κ2) is 7.37. The predicted octanol–water partition coefficient (Wildman–Crippen LogP) is 3.40. The summed E-state index contributed by atoms with van der Waals surface area (Å²) in [4.78, 5) is 0. The largest absolute Gasteiger partial charge is 0.494 e. The molecule has 0 saturated carbocycles. The number of hydrogen-bond acceptors (Lipinski definition) is 2. The van der Waals surface area contributed by atoms with Crippen LogP contribution in [0.3, 0.4) is 0 Å². The zero-order valence-corrected chi connectivity index (χ0v) is 11.8. The van der Waals surface area contributed by atoms with E-state index in [0.29, 0.717) is 24.1 Å². The lowest BCUT2D eigenvalue weighted by molar-refractivity contribution is 0.377. The van der Waals surface area contributed by atoms with Crippen molar-refractivity contribution in [2.24, 2.45) is 5.92 Å². The summed E-state index contributed by atoms with van der Waals surface area (Å²) in [5, 5.41) is 3.27. The number of hydrogen-bond donors (Lipinski definition) is 1. The SMILES string of the molecule is CCC(C)CC(Cc1cccc(OC)c1F)NC. The van der Waals surface area contributed by atoms with E-state index in [1.54, 1.807) is 6.07 Å². The van der Waals surface area contributed by atoms with Gasteiger partial charge in [-0.15, -0.1) is 0 Å². The third-order valence-corrected chi connectivity index (χ3v) is 3.52. The molecule has 0 radical (unpaired) electrons. The van der Waals surface area contributed by atoms with Gasteiger partial charge in [0.2, 0.25) is 0 Å². The minimum absolute atomic E-state index is 0.232. The first-order valence-electron chi connectivity index (χ1n) is 6.61. The average Bonchev–Trinajstić information content (AvgIpc) is 2.39. The van der Waals surface area contributed by atoms with Gasteiger partial charge in [-0.25, -0.2) is 4.39 Å². The first kappa shape index (κ1) is 15.0. The van der Waals surface area contributed by atoms with Crippen LogP contribution in [0.4, 0.5) is 4.39 Å². The lowest BCUT2D eigenvalue weighted by Gasteiger charge is -2.20. The summed E-state index contributed by atoms with van der Waals surface area (Å²) in [6.07, 6.45) is 2.91. The maximum atomic E-state index is 14.0. The lowest BCUT2D eigenvalue weighted by Crippen LogP contribution is -2.29. The van der Waals surface area contributed by atoms with Crippen molar-refractivity contribution in [1.82, 2.24) is 5.32 Å². The smallest absolute Gasteiger partial charge is 0.168 e. The van der Waals surface area contributed by atoms with Crippen LogP contribution in [0.1, 0.15) is 32.3 Å². The number of methoxy groups -OCH3 is 1. The molecule has 1 aromatic rings. The average molecular weight is 253 g/mol. The maximum absolute atomic E-state index is 14.0. The molecule has 2 atom stereocenters. The van der Waals surface area contributed by atoms with Gasteiger partial charge in [-0.2, -0.15) is 0 Å². The van der Waals surface area contributed by atoms with E-state index in [1.807, 2.05) is 19.2 Å². The van der Waals surface area contributed by atoms with Crippen molar-refractivity contribution in [2.45, 2.75) is 39.2 Å². The lowest BCUT2D eigenvalue weighted by atomic mass is 9.94. The number of halogens is 1. The molecule has 1 N–H and O–H groups in total. The molecule has 102 valence electrons. The Balaban J connectivity index is 2.75. The minimum Gasteiger partial charge on any atom is -0.494 e. The van der Waals surface area contributed by atoms with Gasteiger partial charge in [-0.05, 0) is 37.4 Å². The molecule has 0 bridgehead atoms. The van der Waals surface area contributed by atoms with E-state index < -0.39 is 0 Å². The molecule has 18 heavy (non-hydrogen) atoms. The van der Waals surface area contributed by atoms with Crippen LogP contribution in [-0.4, -0.2) is 20.2 Å². The normalized spacial score (nSPS) is 14.3. The van der Waals surface area contributed by atoms with Crippen LogP contribution in [0, 0.1) is 11.7 Å². The van der Waals surface area contributed by atoms with E-state index in [0.717, 1.165) is 18.4 Å². The molecule has 0 saturated heterocycles. The Morgan fingerprint density at radius 3 is 2.67 bits per heavy atom. The number of rotatable bonds is 7. The fourth-order valence-corrected chi connectivity index (χ4v) is 2.09. The molecule has 0 amide bonds. The summed E-state index contributed by atoms with van der Waals surface area (Å²) < 4.78 is 19.0. The zero-order valence-electron chi connectivity index (χ0n) is 11.8. The first-order valence-corrected chi connectivity index (χ1v) is 6.61. The van der Waals surface area contributed by atoms with Gasteiger partial charge in [0.25, 0.3) is 0 Å². The van der Waals surface area contributed by atoms with Gasteiger partial charge in [0.15, 0.2) is 11.6 Å². The van der Waals surface area contributed by atoms with E-state index in [4.69, 9.17) is 4.74 Å². The van der Waals surface area contributed by atoms with Crippen LogP contribution in [0.2, 0.25) is 0 Å². The highest BCUT2D eigenvalue weighted by molar-refractivity contribution is 5.31. The van der Waals surface area contributed by atoms with Crippen LogP contribution >= 0.6 is 0 Å². The van der Waals surface area contributed by atoms with E-state index in [-0.39, 0.29) is 5.82 Å². The van der Waals surface area contributed by atoms with E-state index in [1.165, 1.54) is 7.11 Å². The molecule has 3 heteroatoms. The van der Waals surface area contributed by atoms with Crippen LogP contribution in [0.15, 0.2) is 18.2 Å². The molecule has 0 aliphatic heterocycles. The summed E-state index contributed by atoms with van der Waals surface area (Å²) in [5.41, 5.74) is 0.719. The van der Waals surface area contributed by atoms with Crippen molar-refractivity contribution in [1.29, 1.82) is 0 Å². The van der Waals surface area contributed by atoms with E-state index in [2.05, 4.69) is 19.2 Å². The first-order chi connectivity index (χ1) is 8.62. The molecule has 0 aliphatic carbocycles. The number of benzene rings is 1. The molecule has 0 fully saturated rings. The fraction of sp³-hybridized carbons (Fsp3) is 0.600. The Morgan fingerprint density at radius 2 is 2.11 bits per heavy atom. The van der Waals surface area contributed by atoms with Crippen LogP contribution < -0.4 is 10.1 Å². The molecule has 0 aliphatic rings. The highest BCUT2D eigenvalue weighted by atomic mass is 19.1. The summed E-state index contributed by atoms with van der Waals surface area (Å²) >= 11 is 0. The fourth-order valence-electron chi connectivity index (χ4n) is 2.09. The standard InChI is InChI=1S/C15H24FNO/c1-5-11(2)9-13(17-3)10-12-7-6-8-14(18-4)15(12)16/h6-8,11,13,17H,5,9-10H2,1-4H3. The van der Waals surface area contributed by atoms with Gasteiger partial charge in [-0.3, -0.25) is 0 Å². The Kier molecular flexibility index (Phi) is 6.13. The van der Waals surface area contributed by atoms with Gasteiger partial charge in [0.1, 0.15) is 0 Å². The molecule has 0 aromatic heterocycles. The van der Waals surface area contributed by atoms with Crippen molar-refractivity contribution in [3.63, 3.8) is 0 Å². The van der Waals surface area contributed by atoms with Gasteiger partial charge < -0.3 is 10.1 Å². The van der Waals surface area contributed by atoms with Crippen molar-refractivity contribution >= 4 is 0 Å². The highest BCUT2D eigenvalue weighted by Crippen LogP contribution is 2.22. The molecular formula is C15H24FNO. The molecule has 0 heterocycles. The summed E-state index contributed by atoms with van der Waals surface area (Å²) in [7, 11) is 3.43. The van der Waals surface area contributed by atoms with Crippen molar-refractivity contribution in [3.05, 3.63) is 29.6 Å². The molecule has 0 spiro atoms. The van der Waals surface area contributed by atoms with Gasteiger partial charge in [0, 0.05) is 6.04 Å². The molecular weight excluding hydrogens is 229 g/mol. The summed E-state index contributed by atoms with van der Waals surface area (Å²) in [6, 6.07) is 5.63. The molecule has 2 unspecified atom stereocenters. The van der Waals surface area contributed by atoms with Crippen molar-refractivity contribution in [3.8, 4) is 5.75 Å². The van der Waals surface area contributed by atoms with Crippen molar-refractivity contribution in [2.75, 3.05) is 14.2 Å². The molecule has 1 aromatic carbocycles. The van der Waals surface area contributed by atoms with E-state index in [9.17, 15) is 4.39 Å². The Morgan fingerprint density at radius 1 is 1.39 bits per heavy atom. The van der Waals surface area contributed by atoms with Crippen LogP contribution in [0.5, 0.6) is 5.75 Å². The molecule has 1 rings (SSSR count). The quantitative estimate of drug-likeness (QED) is 0.804. The van der Waals surface area contributed by atoms with E-state index >= 15 is 0 Å². The van der Waals surface area contributed by atoms with Crippen molar-refractivity contribution < 1.29 is 9.13 Å². The highest BCUT2D eigenvalue weighted by Gasteiger charge is 2.15. The predicted molar refractivity (Wildman–Crippen MR) is 73.6 cm³/mol. The second-order valence-electron chi connectivity index (χ2n) is 4.87. The topological polar surface area (TPSA) is 21.3 Å². The van der Waals surface area contributed by atoms with Gasteiger partial charge >= 0.3 is 0 Å². The number of nitrogens with one attached hydrogen (secondary N) is 1. The maximum Gasteiger partial charge on any atom is 0.168 e. The van der Waals surface area contributed by atoms with Crippen LogP contribution in [0.25, 0.3) is 0 Å². The summed E-state index contributed by atoms with van der Waals surface area (Å²) in [5.74, 6) is 0.742. The monoisotopic (exact) mass is 253 g/mol. The number of ether oxygens (including phenoxy) is 1. The Bertz CT molecular complexity index is 368. The summed E-state index contributed by atoms with van der Waals surface area (Å²) in [6.45, 7) is 4.41. The molecule has 2 nitrogen and oxygen atoms in total. The Labute approximate surface area is 110 Å². The van der Waals surface area contributed by atoms with Crippen LogP contribution in [-0.2, 0) is 6.42 Å². The third kappa shape index (κ3) is 3.98. The van der Waals surface area contributed by atoms with Gasteiger partial charge in [0.05, 0.1) is 7.11 Å². The Hall–Kier alpha value is -1.09. The second-order valence-corrected chi connectivity index (χ2v) is 4.87. The third-order valence-electron chi connectivity index (χ3n) is 3.52. The van der Waals surface area contributed by atoms with Gasteiger partial charge in [-0.1, -0.05) is 32.4 Å².